The SMILES string of the molecule is CC(c1cccc2c(-c3ccc(CS(C)(=O)=O)c(F)c3)c(C(=O)O)[nH]c12)n1cc(CO)oc1=O. The third-order valence-electron chi connectivity index (χ3n) is 5.57. The van der Waals surface area contributed by atoms with Gasteiger partial charge in [-0.1, -0.05) is 30.3 Å². The molecule has 4 rings (SSSR count). The highest BCUT2D eigenvalue weighted by Crippen LogP contribution is 2.37. The molecule has 0 saturated carbocycles. The molecule has 0 bridgehead atoms. The summed E-state index contributed by atoms with van der Waals surface area (Å²) in [5, 5.41) is 19.6. The summed E-state index contributed by atoms with van der Waals surface area (Å²) in [6.07, 6.45) is 2.38. The van der Waals surface area contributed by atoms with Crippen LogP contribution in [0.2, 0.25) is 0 Å². The highest BCUT2D eigenvalue weighted by atomic mass is 32.2. The van der Waals surface area contributed by atoms with E-state index in [0.717, 1.165) is 12.3 Å². The molecule has 11 heteroatoms. The Morgan fingerprint density at radius 2 is 2.00 bits per heavy atom. The van der Waals surface area contributed by atoms with E-state index < -0.39 is 45.8 Å². The zero-order valence-electron chi connectivity index (χ0n) is 18.2. The van der Waals surface area contributed by atoms with Gasteiger partial charge in [-0.15, -0.1) is 0 Å². The summed E-state index contributed by atoms with van der Waals surface area (Å²) in [6, 6.07) is 8.40. The Balaban J connectivity index is 1.90. The van der Waals surface area contributed by atoms with Crippen LogP contribution in [0.4, 0.5) is 4.39 Å². The number of H-pyrrole nitrogens is 1. The van der Waals surface area contributed by atoms with Gasteiger partial charge in [-0.2, -0.15) is 0 Å². The summed E-state index contributed by atoms with van der Waals surface area (Å²) in [7, 11) is -3.46. The van der Waals surface area contributed by atoms with Crippen LogP contribution in [-0.4, -0.2) is 40.4 Å². The van der Waals surface area contributed by atoms with E-state index in [4.69, 9.17) is 4.42 Å². The number of carbonyl (C=O) groups is 1. The van der Waals surface area contributed by atoms with Gasteiger partial charge < -0.3 is 19.6 Å². The predicted molar refractivity (Wildman–Crippen MR) is 122 cm³/mol. The Kier molecular flexibility index (Phi) is 5.92. The van der Waals surface area contributed by atoms with Crippen LogP contribution in [0.15, 0.2) is 51.8 Å². The van der Waals surface area contributed by atoms with Crippen molar-refractivity contribution in [3.05, 3.63) is 81.5 Å². The van der Waals surface area contributed by atoms with Crippen LogP contribution < -0.4 is 5.76 Å². The smallest absolute Gasteiger partial charge is 0.419 e. The van der Waals surface area contributed by atoms with Gasteiger partial charge in [-0.25, -0.2) is 22.4 Å². The number of sulfone groups is 1. The van der Waals surface area contributed by atoms with Crippen molar-refractivity contribution in [3.63, 3.8) is 0 Å². The number of aliphatic hydroxyl groups is 1. The molecule has 1 atom stereocenters. The molecule has 0 spiro atoms. The molecular formula is C23H21FN2O7S. The molecular weight excluding hydrogens is 467 g/mol. The minimum Gasteiger partial charge on any atom is -0.477 e. The number of benzene rings is 2. The summed E-state index contributed by atoms with van der Waals surface area (Å²) in [5.41, 5.74) is 1.30. The van der Waals surface area contributed by atoms with Gasteiger partial charge in [-0.05, 0) is 24.1 Å². The van der Waals surface area contributed by atoms with Crippen LogP contribution in [0.3, 0.4) is 0 Å². The van der Waals surface area contributed by atoms with Crippen molar-refractivity contribution < 1.29 is 32.2 Å². The van der Waals surface area contributed by atoms with Crippen molar-refractivity contribution in [2.75, 3.05) is 6.26 Å². The average Bonchev–Trinajstić information content (AvgIpc) is 3.34. The van der Waals surface area contributed by atoms with Crippen LogP contribution >= 0.6 is 0 Å². The topological polar surface area (TPSA) is 143 Å². The molecule has 0 saturated heterocycles. The lowest BCUT2D eigenvalue weighted by Gasteiger charge is -2.13. The Morgan fingerprint density at radius 3 is 2.59 bits per heavy atom. The van der Waals surface area contributed by atoms with E-state index in [-0.39, 0.29) is 28.1 Å². The maximum atomic E-state index is 14.7. The molecule has 2 aromatic carbocycles. The minimum absolute atomic E-state index is 0.0173. The number of carboxylic acid groups (broad SMARTS) is 1. The average molecular weight is 488 g/mol. The number of rotatable bonds is 7. The number of fused-ring (bicyclic) bond motifs is 1. The Bertz CT molecular complexity index is 1580. The molecule has 0 aliphatic carbocycles. The predicted octanol–water partition coefficient (Wildman–Crippen LogP) is 3.07. The number of hydrogen-bond acceptors (Lipinski definition) is 6. The quantitative estimate of drug-likeness (QED) is 0.363. The van der Waals surface area contributed by atoms with Crippen LogP contribution in [-0.2, 0) is 22.2 Å². The van der Waals surface area contributed by atoms with Gasteiger partial charge in [0.15, 0.2) is 15.6 Å². The fourth-order valence-electron chi connectivity index (χ4n) is 4.04. The van der Waals surface area contributed by atoms with Gasteiger partial charge in [0, 0.05) is 22.8 Å². The summed E-state index contributed by atoms with van der Waals surface area (Å²) >= 11 is 0. The van der Waals surface area contributed by atoms with Crippen molar-refractivity contribution in [2.45, 2.75) is 25.3 Å². The van der Waals surface area contributed by atoms with Crippen LogP contribution in [0.1, 0.15) is 40.3 Å². The number of oxazole rings is 1. The minimum atomic E-state index is -3.46. The molecule has 0 fully saturated rings. The Hall–Kier alpha value is -3.70. The van der Waals surface area contributed by atoms with E-state index >= 15 is 0 Å². The number of aromatic amines is 1. The largest absolute Gasteiger partial charge is 0.477 e. The molecule has 34 heavy (non-hydrogen) atoms. The molecule has 0 radical (unpaired) electrons. The van der Waals surface area contributed by atoms with Crippen molar-refractivity contribution in [1.82, 2.24) is 9.55 Å². The lowest BCUT2D eigenvalue weighted by Crippen LogP contribution is -2.18. The van der Waals surface area contributed by atoms with Gasteiger partial charge in [0.1, 0.15) is 18.1 Å². The second-order valence-electron chi connectivity index (χ2n) is 8.03. The van der Waals surface area contributed by atoms with Gasteiger partial charge >= 0.3 is 11.7 Å². The van der Waals surface area contributed by atoms with Gasteiger partial charge in [0.2, 0.25) is 0 Å². The molecule has 1 unspecified atom stereocenters. The fourth-order valence-corrected chi connectivity index (χ4v) is 4.84. The summed E-state index contributed by atoms with van der Waals surface area (Å²) in [4.78, 5) is 27.1. The van der Waals surface area contributed by atoms with Crippen LogP contribution in [0, 0.1) is 5.82 Å². The van der Waals surface area contributed by atoms with Crippen molar-refractivity contribution in [3.8, 4) is 11.1 Å². The molecule has 0 aliphatic rings. The summed E-state index contributed by atoms with van der Waals surface area (Å²) in [5.74, 6) is -3.10. The normalized spacial score (nSPS) is 12.8. The summed E-state index contributed by atoms with van der Waals surface area (Å²) in [6.45, 7) is 1.27. The highest BCUT2D eigenvalue weighted by Gasteiger charge is 2.24. The number of nitrogens with one attached hydrogen (secondary N) is 1. The molecule has 0 amide bonds. The lowest BCUT2D eigenvalue weighted by atomic mass is 9.98. The number of aromatic nitrogens is 2. The fraction of sp³-hybridized carbons (Fsp3) is 0.217. The number of para-hydroxylation sites is 1. The van der Waals surface area contributed by atoms with E-state index in [1.165, 1.54) is 22.9 Å². The van der Waals surface area contributed by atoms with E-state index in [1.807, 2.05) is 0 Å². The van der Waals surface area contributed by atoms with Crippen molar-refractivity contribution in [2.24, 2.45) is 0 Å². The first-order chi connectivity index (χ1) is 16.0. The third-order valence-corrected chi connectivity index (χ3v) is 6.41. The Labute approximate surface area is 193 Å². The number of aliphatic hydroxyl groups excluding tert-OH is 1. The molecule has 178 valence electrons. The third kappa shape index (κ3) is 4.27. The van der Waals surface area contributed by atoms with Gasteiger partial charge in [0.25, 0.3) is 0 Å². The first-order valence-corrected chi connectivity index (χ1v) is 12.2. The van der Waals surface area contributed by atoms with E-state index in [0.29, 0.717) is 16.5 Å². The molecule has 3 N–H and O–H groups in total. The number of aromatic carboxylic acids is 1. The molecule has 4 aromatic rings. The van der Waals surface area contributed by atoms with Crippen molar-refractivity contribution in [1.29, 1.82) is 0 Å². The molecule has 2 aromatic heterocycles. The van der Waals surface area contributed by atoms with E-state index in [1.54, 1.807) is 25.1 Å². The monoisotopic (exact) mass is 488 g/mol. The van der Waals surface area contributed by atoms with Crippen LogP contribution in [0.5, 0.6) is 0 Å². The van der Waals surface area contributed by atoms with Gasteiger partial charge in [0.05, 0.1) is 23.5 Å². The summed E-state index contributed by atoms with van der Waals surface area (Å²) < 4.78 is 44.1. The van der Waals surface area contributed by atoms with E-state index in [9.17, 15) is 32.6 Å². The number of carboxylic acids is 1. The standard InChI is InChI=1S/C23H21FN2O7S/c1-12(26-9-15(10-27)33-23(26)30)16-4-3-5-17-19(21(22(28)29)25-20(16)17)13-6-7-14(18(24)8-13)11-34(2,31)32/h3-9,12,25,27H,10-11H2,1-2H3,(H,28,29). The second-order valence-corrected chi connectivity index (χ2v) is 10.2. The maximum absolute atomic E-state index is 14.7. The van der Waals surface area contributed by atoms with Crippen molar-refractivity contribution >= 4 is 26.7 Å². The molecule has 2 heterocycles. The molecule has 0 aliphatic heterocycles. The molecule has 9 nitrogen and oxygen atoms in total. The van der Waals surface area contributed by atoms with E-state index in [2.05, 4.69) is 4.98 Å². The van der Waals surface area contributed by atoms with Gasteiger partial charge in [-0.3, -0.25) is 4.57 Å². The van der Waals surface area contributed by atoms with Crippen LogP contribution in [0.25, 0.3) is 22.0 Å². The highest BCUT2D eigenvalue weighted by molar-refractivity contribution is 7.89. The Morgan fingerprint density at radius 1 is 1.26 bits per heavy atom. The number of hydrogen-bond donors (Lipinski definition) is 3. The number of nitrogens with zero attached hydrogens (tertiary/aromatic N) is 1. The lowest BCUT2D eigenvalue weighted by molar-refractivity contribution is 0.0692. The zero-order valence-corrected chi connectivity index (χ0v) is 19.0. The number of halogens is 1. The zero-order chi connectivity index (χ0) is 24.8. The maximum Gasteiger partial charge on any atom is 0.419 e. The first-order valence-electron chi connectivity index (χ1n) is 10.2. The second kappa shape index (κ2) is 8.58. The first kappa shape index (κ1) is 23.5.